The van der Waals surface area contributed by atoms with Gasteiger partial charge < -0.3 is 14.2 Å². The number of para-hydroxylation sites is 1. The zero-order valence-corrected chi connectivity index (χ0v) is 14.7. The second kappa shape index (κ2) is 11.0. The van der Waals surface area contributed by atoms with Crippen molar-refractivity contribution in [2.24, 2.45) is 5.92 Å². The Morgan fingerprint density at radius 1 is 1.04 bits per heavy atom. The van der Waals surface area contributed by atoms with Crippen molar-refractivity contribution in [2.75, 3.05) is 13.2 Å². The normalized spacial score (nSPS) is 11.3. The van der Waals surface area contributed by atoms with Crippen molar-refractivity contribution in [1.29, 1.82) is 0 Å². The van der Waals surface area contributed by atoms with E-state index in [4.69, 9.17) is 14.2 Å². The molecule has 0 saturated heterocycles. The number of rotatable bonds is 10. The molecule has 0 radical (unpaired) electrons. The SMILES string of the molecule is C=C(C)C(=O)OCCCC(C(=O)OCCC)C(=O)Oc1ccccc1. The topological polar surface area (TPSA) is 78.9 Å². The van der Waals surface area contributed by atoms with Crippen LogP contribution in [0.4, 0.5) is 0 Å². The van der Waals surface area contributed by atoms with E-state index in [-0.39, 0.29) is 19.6 Å². The summed E-state index contributed by atoms with van der Waals surface area (Å²) in [5.41, 5.74) is 0.294. The number of esters is 3. The first-order valence-electron chi connectivity index (χ1n) is 8.21. The van der Waals surface area contributed by atoms with Crippen LogP contribution in [0.15, 0.2) is 42.5 Å². The number of hydrogen-bond acceptors (Lipinski definition) is 6. The summed E-state index contributed by atoms with van der Waals surface area (Å²) in [7, 11) is 0. The lowest BCUT2D eigenvalue weighted by Gasteiger charge is -2.15. The Balaban J connectivity index is 2.62. The molecule has 0 aromatic heterocycles. The molecular weight excluding hydrogens is 324 g/mol. The molecule has 0 aliphatic rings. The summed E-state index contributed by atoms with van der Waals surface area (Å²) < 4.78 is 15.3. The summed E-state index contributed by atoms with van der Waals surface area (Å²) >= 11 is 0. The molecule has 1 unspecified atom stereocenters. The minimum atomic E-state index is -1.06. The van der Waals surface area contributed by atoms with Gasteiger partial charge in [0.05, 0.1) is 13.2 Å². The lowest BCUT2D eigenvalue weighted by molar-refractivity contribution is -0.157. The molecule has 0 fully saturated rings. The van der Waals surface area contributed by atoms with E-state index < -0.39 is 23.8 Å². The molecule has 1 aromatic rings. The molecule has 1 aromatic carbocycles. The third-order valence-electron chi connectivity index (χ3n) is 3.20. The number of hydrogen-bond donors (Lipinski definition) is 0. The molecule has 0 saturated carbocycles. The molecule has 6 nitrogen and oxygen atoms in total. The second-order valence-corrected chi connectivity index (χ2v) is 5.51. The van der Waals surface area contributed by atoms with Gasteiger partial charge in [0.25, 0.3) is 0 Å². The number of carbonyl (C=O) groups is 3. The highest BCUT2D eigenvalue weighted by molar-refractivity contribution is 5.95. The molecule has 1 atom stereocenters. The number of benzene rings is 1. The van der Waals surface area contributed by atoms with Crippen LogP contribution >= 0.6 is 0 Å². The van der Waals surface area contributed by atoms with E-state index in [1.165, 1.54) is 0 Å². The average molecular weight is 348 g/mol. The van der Waals surface area contributed by atoms with Crippen LogP contribution in [0.25, 0.3) is 0 Å². The Kier molecular flexibility index (Phi) is 9.00. The molecule has 0 spiro atoms. The maximum Gasteiger partial charge on any atom is 0.333 e. The van der Waals surface area contributed by atoms with Gasteiger partial charge in [-0.1, -0.05) is 31.7 Å². The zero-order chi connectivity index (χ0) is 18.7. The lowest BCUT2D eigenvalue weighted by atomic mass is 10.0. The first-order valence-corrected chi connectivity index (χ1v) is 8.21. The summed E-state index contributed by atoms with van der Waals surface area (Å²) in [4.78, 5) is 35.8. The van der Waals surface area contributed by atoms with E-state index >= 15 is 0 Å². The smallest absolute Gasteiger partial charge is 0.333 e. The van der Waals surface area contributed by atoms with E-state index in [0.29, 0.717) is 24.2 Å². The fraction of sp³-hybridized carbons (Fsp3) is 0.421. The Hall–Kier alpha value is -2.63. The van der Waals surface area contributed by atoms with Gasteiger partial charge in [-0.2, -0.15) is 0 Å². The van der Waals surface area contributed by atoms with Crippen molar-refractivity contribution in [2.45, 2.75) is 33.1 Å². The van der Waals surface area contributed by atoms with Crippen molar-refractivity contribution in [1.82, 2.24) is 0 Å². The minimum absolute atomic E-state index is 0.0852. The van der Waals surface area contributed by atoms with Crippen molar-refractivity contribution in [3.63, 3.8) is 0 Å². The summed E-state index contributed by atoms with van der Waals surface area (Å²) in [6.07, 6.45) is 1.15. The van der Waals surface area contributed by atoms with Crippen LogP contribution in [0, 0.1) is 5.92 Å². The monoisotopic (exact) mass is 348 g/mol. The first kappa shape index (κ1) is 20.4. The van der Waals surface area contributed by atoms with E-state index in [2.05, 4.69) is 6.58 Å². The van der Waals surface area contributed by atoms with Crippen molar-refractivity contribution in [3.8, 4) is 5.75 Å². The van der Waals surface area contributed by atoms with Crippen LogP contribution in [0.1, 0.15) is 33.1 Å². The molecule has 0 heterocycles. The molecule has 6 heteroatoms. The van der Waals surface area contributed by atoms with E-state index in [1.807, 2.05) is 6.92 Å². The second-order valence-electron chi connectivity index (χ2n) is 5.51. The third kappa shape index (κ3) is 7.65. The van der Waals surface area contributed by atoms with Gasteiger partial charge in [-0.15, -0.1) is 0 Å². The van der Waals surface area contributed by atoms with Gasteiger partial charge in [-0.05, 0) is 38.3 Å². The van der Waals surface area contributed by atoms with Crippen molar-refractivity contribution < 1.29 is 28.6 Å². The van der Waals surface area contributed by atoms with Crippen LogP contribution in [0.3, 0.4) is 0 Å². The van der Waals surface area contributed by atoms with Crippen LogP contribution in [0.2, 0.25) is 0 Å². The fourth-order valence-corrected chi connectivity index (χ4v) is 1.89. The van der Waals surface area contributed by atoms with Gasteiger partial charge in [-0.25, -0.2) is 4.79 Å². The van der Waals surface area contributed by atoms with Crippen molar-refractivity contribution in [3.05, 3.63) is 42.5 Å². The Morgan fingerprint density at radius 3 is 2.32 bits per heavy atom. The van der Waals surface area contributed by atoms with Crippen LogP contribution in [0.5, 0.6) is 5.75 Å². The molecule has 1 rings (SSSR count). The van der Waals surface area contributed by atoms with Crippen molar-refractivity contribution >= 4 is 17.9 Å². The highest BCUT2D eigenvalue weighted by Gasteiger charge is 2.30. The largest absolute Gasteiger partial charge is 0.465 e. The maximum atomic E-state index is 12.3. The van der Waals surface area contributed by atoms with Crippen LogP contribution in [-0.4, -0.2) is 31.1 Å². The summed E-state index contributed by atoms with van der Waals surface area (Å²) in [5, 5.41) is 0. The Morgan fingerprint density at radius 2 is 1.72 bits per heavy atom. The third-order valence-corrected chi connectivity index (χ3v) is 3.20. The van der Waals surface area contributed by atoms with Gasteiger partial charge in [0.15, 0.2) is 5.92 Å². The zero-order valence-electron chi connectivity index (χ0n) is 14.7. The Labute approximate surface area is 147 Å². The van der Waals surface area contributed by atoms with Gasteiger partial charge in [0.2, 0.25) is 0 Å². The molecule has 0 bridgehead atoms. The minimum Gasteiger partial charge on any atom is -0.465 e. The molecule has 0 N–H and O–H groups in total. The van der Waals surface area contributed by atoms with E-state index in [1.54, 1.807) is 37.3 Å². The standard InChI is InChI=1S/C19H24O6/c1-4-12-23-18(21)16(11-8-13-24-17(20)14(2)3)19(22)25-15-9-6-5-7-10-15/h5-7,9-10,16H,2,4,8,11-13H2,1,3H3. The van der Waals surface area contributed by atoms with Gasteiger partial charge in [-0.3, -0.25) is 9.59 Å². The highest BCUT2D eigenvalue weighted by Crippen LogP contribution is 2.16. The average Bonchev–Trinajstić information content (AvgIpc) is 2.60. The van der Waals surface area contributed by atoms with Gasteiger partial charge in [0.1, 0.15) is 5.75 Å². The molecule has 0 amide bonds. The number of ether oxygens (including phenoxy) is 3. The predicted molar refractivity (Wildman–Crippen MR) is 91.8 cm³/mol. The molecule has 0 aliphatic carbocycles. The van der Waals surface area contributed by atoms with E-state index in [9.17, 15) is 14.4 Å². The molecule has 136 valence electrons. The maximum absolute atomic E-state index is 12.3. The summed E-state index contributed by atoms with van der Waals surface area (Å²) in [6.45, 7) is 7.21. The highest BCUT2D eigenvalue weighted by atomic mass is 16.6. The van der Waals surface area contributed by atoms with Crippen LogP contribution < -0.4 is 4.74 Å². The van der Waals surface area contributed by atoms with Gasteiger partial charge >= 0.3 is 17.9 Å². The molecular formula is C19H24O6. The number of carbonyl (C=O) groups excluding carboxylic acids is 3. The quantitative estimate of drug-likeness (QED) is 0.213. The molecule has 0 aliphatic heterocycles. The Bertz CT molecular complexity index is 593. The summed E-state index contributed by atoms with van der Waals surface area (Å²) in [6, 6.07) is 8.50. The van der Waals surface area contributed by atoms with E-state index in [0.717, 1.165) is 0 Å². The van der Waals surface area contributed by atoms with Gasteiger partial charge in [0, 0.05) is 5.57 Å². The first-order chi connectivity index (χ1) is 12.0. The van der Waals surface area contributed by atoms with Crippen LogP contribution in [-0.2, 0) is 23.9 Å². The molecule has 25 heavy (non-hydrogen) atoms. The fourth-order valence-electron chi connectivity index (χ4n) is 1.89. The lowest BCUT2D eigenvalue weighted by Crippen LogP contribution is -2.30. The predicted octanol–water partition coefficient (Wildman–Crippen LogP) is 3.06. The summed E-state index contributed by atoms with van der Waals surface area (Å²) in [5.74, 6) is -2.52.